The Morgan fingerprint density at radius 2 is 1.88 bits per heavy atom. The van der Waals surface area contributed by atoms with Crippen LogP contribution in [0.2, 0.25) is 0 Å². The molecule has 1 unspecified atom stereocenters. The van der Waals surface area contributed by atoms with Gasteiger partial charge in [-0.05, 0) is 24.9 Å². The second-order valence-corrected chi connectivity index (χ2v) is 6.25. The van der Waals surface area contributed by atoms with E-state index in [-0.39, 0.29) is 11.7 Å². The molecule has 1 saturated heterocycles. The van der Waals surface area contributed by atoms with Crippen molar-refractivity contribution in [2.45, 2.75) is 25.4 Å². The third-order valence-electron chi connectivity index (χ3n) is 4.34. The Kier molecular flexibility index (Phi) is 5.23. The average molecular weight is 347 g/mol. The molecule has 132 valence electrons. The number of hydrogen-bond acceptors (Lipinski definition) is 4. The van der Waals surface area contributed by atoms with E-state index in [1.54, 1.807) is 0 Å². The van der Waals surface area contributed by atoms with Gasteiger partial charge in [0.05, 0.1) is 17.1 Å². The van der Waals surface area contributed by atoms with E-state index < -0.39 is 22.2 Å². The van der Waals surface area contributed by atoms with Gasteiger partial charge in [0.25, 0.3) is 5.69 Å². The average Bonchev–Trinajstić information content (AvgIpc) is 2.59. The fourth-order valence-corrected chi connectivity index (χ4v) is 3.17. The van der Waals surface area contributed by atoms with E-state index in [0.717, 1.165) is 38.1 Å². The summed E-state index contributed by atoms with van der Waals surface area (Å²) in [7, 11) is 0. The molecule has 1 aliphatic rings. The number of hydrogen-bond donors (Lipinski definition) is 1. The fraction of sp³-hybridized carbons (Fsp3) is 0.333. The van der Waals surface area contributed by atoms with Gasteiger partial charge in [-0.2, -0.15) is 0 Å². The van der Waals surface area contributed by atoms with Crippen molar-refractivity contribution in [2.24, 2.45) is 0 Å². The molecular weight excluding hydrogens is 328 g/mol. The summed E-state index contributed by atoms with van der Waals surface area (Å²) in [6, 6.07) is 11.4. The van der Waals surface area contributed by atoms with E-state index >= 15 is 0 Å². The van der Waals surface area contributed by atoms with Crippen molar-refractivity contribution in [1.82, 2.24) is 4.90 Å². The van der Waals surface area contributed by atoms with E-state index in [4.69, 9.17) is 0 Å². The summed E-state index contributed by atoms with van der Waals surface area (Å²) in [6.07, 6.45) is 1.71. The van der Waals surface area contributed by atoms with E-state index in [1.165, 1.54) is 5.56 Å². The lowest BCUT2D eigenvalue weighted by Crippen LogP contribution is -2.41. The molecule has 3 rings (SSSR count). The minimum atomic E-state index is -0.938. The first-order valence-electron chi connectivity index (χ1n) is 8.19. The van der Waals surface area contributed by atoms with Crippen LogP contribution >= 0.6 is 0 Å². The zero-order valence-corrected chi connectivity index (χ0v) is 13.6. The Morgan fingerprint density at radius 3 is 2.52 bits per heavy atom. The van der Waals surface area contributed by atoms with E-state index in [0.29, 0.717) is 6.54 Å². The molecule has 1 aliphatic heterocycles. The van der Waals surface area contributed by atoms with Crippen molar-refractivity contribution in [2.75, 3.05) is 18.4 Å². The maximum atomic E-state index is 14.0. The van der Waals surface area contributed by atoms with Gasteiger partial charge in [0.15, 0.2) is 11.6 Å². The first kappa shape index (κ1) is 17.3. The molecule has 7 heteroatoms. The van der Waals surface area contributed by atoms with Gasteiger partial charge >= 0.3 is 0 Å². The summed E-state index contributed by atoms with van der Waals surface area (Å²) in [6.45, 7) is 2.37. The lowest BCUT2D eigenvalue weighted by atomic mass is 10.0. The molecule has 0 bridgehead atoms. The molecule has 2 aromatic rings. The number of nitrogens with one attached hydrogen (secondary N) is 1. The third-order valence-corrected chi connectivity index (χ3v) is 4.34. The van der Waals surface area contributed by atoms with Crippen LogP contribution in [0.1, 0.15) is 18.4 Å². The molecule has 0 radical (unpaired) electrons. The van der Waals surface area contributed by atoms with Gasteiger partial charge in [0, 0.05) is 19.1 Å². The van der Waals surface area contributed by atoms with Crippen LogP contribution in [-0.2, 0) is 6.54 Å². The normalized spacial score (nSPS) is 18.1. The van der Waals surface area contributed by atoms with Crippen molar-refractivity contribution in [3.05, 3.63) is 69.8 Å². The second kappa shape index (κ2) is 7.57. The molecule has 1 N–H and O–H groups in total. The van der Waals surface area contributed by atoms with Crippen LogP contribution in [-0.4, -0.2) is 29.0 Å². The summed E-state index contributed by atoms with van der Waals surface area (Å²) >= 11 is 0. The quantitative estimate of drug-likeness (QED) is 0.657. The van der Waals surface area contributed by atoms with Crippen molar-refractivity contribution in [3.63, 3.8) is 0 Å². The molecule has 25 heavy (non-hydrogen) atoms. The summed E-state index contributed by atoms with van der Waals surface area (Å²) in [4.78, 5) is 12.1. The molecular formula is C18H19F2N3O2. The second-order valence-electron chi connectivity index (χ2n) is 6.25. The molecule has 0 amide bonds. The van der Waals surface area contributed by atoms with Crippen molar-refractivity contribution in [3.8, 4) is 0 Å². The number of rotatable bonds is 5. The molecule has 0 aromatic heterocycles. The van der Waals surface area contributed by atoms with Crippen LogP contribution in [0, 0.1) is 21.7 Å². The maximum absolute atomic E-state index is 14.0. The van der Waals surface area contributed by atoms with Crippen LogP contribution in [0.3, 0.4) is 0 Å². The highest BCUT2D eigenvalue weighted by Gasteiger charge is 2.23. The summed E-state index contributed by atoms with van der Waals surface area (Å²) < 4.78 is 28.1. The van der Waals surface area contributed by atoms with Gasteiger partial charge in [-0.1, -0.05) is 30.3 Å². The summed E-state index contributed by atoms with van der Waals surface area (Å²) in [5, 5.41) is 13.6. The standard InChI is InChI=1S/C18H19F2N3O2/c19-16-9-15(23(24)25)10-17(20)18(16)21-14-7-4-8-22(12-14)11-13-5-2-1-3-6-13/h1-3,5-6,9-10,14,21H,4,7-8,11-12H2. The number of nitro groups is 1. The summed E-state index contributed by atoms with van der Waals surface area (Å²) in [5.74, 6) is -1.88. The van der Waals surface area contributed by atoms with Crippen molar-refractivity contribution >= 4 is 11.4 Å². The van der Waals surface area contributed by atoms with E-state index in [1.807, 2.05) is 30.3 Å². The SMILES string of the molecule is O=[N+]([O-])c1cc(F)c(NC2CCCN(Cc3ccccc3)C2)c(F)c1. The van der Waals surface area contributed by atoms with Gasteiger partial charge in [0.1, 0.15) is 5.69 Å². The maximum Gasteiger partial charge on any atom is 0.275 e. The monoisotopic (exact) mass is 347 g/mol. The lowest BCUT2D eigenvalue weighted by molar-refractivity contribution is -0.385. The van der Waals surface area contributed by atoms with Crippen LogP contribution in [0.15, 0.2) is 42.5 Å². The highest BCUT2D eigenvalue weighted by Crippen LogP contribution is 2.27. The van der Waals surface area contributed by atoms with Gasteiger partial charge in [-0.25, -0.2) is 8.78 Å². The lowest BCUT2D eigenvalue weighted by Gasteiger charge is -2.33. The Labute approximate surface area is 144 Å². The largest absolute Gasteiger partial charge is 0.376 e. The van der Waals surface area contributed by atoms with Gasteiger partial charge in [0.2, 0.25) is 0 Å². The van der Waals surface area contributed by atoms with Crippen molar-refractivity contribution < 1.29 is 13.7 Å². The van der Waals surface area contributed by atoms with Gasteiger partial charge < -0.3 is 5.32 Å². The third kappa shape index (κ3) is 4.30. The number of piperidine rings is 1. The number of halogens is 2. The van der Waals surface area contributed by atoms with Crippen LogP contribution in [0.5, 0.6) is 0 Å². The predicted molar refractivity (Wildman–Crippen MR) is 91.4 cm³/mol. The van der Waals surface area contributed by atoms with Crippen LogP contribution < -0.4 is 5.32 Å². The Hall–Kier alpha value is -2.54. The molecule has 2 aromatic carbocycles. The molecule has 0 spiro atoms. The molecule has 1 fully saturated rings. The molecule has 0 saturated carbocycles. The fourth-order valence-electron chi connectivity index (χ4n) is 3.17. The minimum Gasteiger partial charge on any atom is -0.376 e. The number of benzene rings is 2. The van der Waals surface area contributed by atoms with Crippen LogP contribution in [0.25, 0.3) is 0 Å². The smallest absolute Gasteiger partial charge is 0.275 e. The molecule has 5 nitrogen and oxygen atoms in total. The number of likely N-dealkylation sites (tertiary alicyclic amines) is 1. The zero-order valence-electron chi connectivity index (χ0n) is 13.6. The van der Waals surface area contributed by atoms with Crippen molar-refractivity contribution in [1.29, 1.82) is 0 Å². The zero-order chi connectivity index (χ0) is 17.8. The first-order chi connectivity index (χ1) is 12.0. The molecule has 0 aliphatic carbocycles. The highest BCUT2D eigenvalue weighted by molar-refractivity contribution is 5.52. The number of anilines is 1. The number of non-ortho nitro benzene ring substituents is 1. The van der Waals surface area contributed by atoms with Gasteiger partial charge in [-0.3, -0.25) is 15.0 Å². The van der Waals surface area contributed by atoms with Crippen LogP contribution in [0.4, 0.5) is 20.2 Å². The summed E-state index contributed by atoms with van der Waals surface area (Å²) in [5.41, 5.74) is 0.308. The Balaban J connectivity index is 1.67. The minimum absolute atomic E-state index is 0.108. The van der Waals surface area contributed by atoms with E-state index in [9.17, 15) is 18.9 Å². The van der Waals surface area contributed by atoms with Gasteiger partial charge in [-0.15, -0.1) is 0 Å². The Bertz CT molecular complexity index is 732. The van der Waals surface area contributed by atoms with E-state index in [2.05, 4.69) is 10.2 Å². The highest BCUT2D eigenvalue weighted by atomic mass is 19.1. The predicted octanol–water partition coefficient (Wildman–Crippen LogP) is 3.95. The number of nitro benzene ring substituents is 1. The first-order valence-corrected chi connectivity index (χ1v) is 8.19. The Morgan fingerprint density at radius 1 is 1.20 bits per heavy atom. The molecule has 1 atom stereocenters. The topological polar surface area (TPSA) is 58.4 Å². The number of nitrogens with zero attached hydrogens (tertiary/aromatic N) is 2. The molecule has 1 heterocycles.